The molecule has 0 nitrogen and oxygen atoms in total. The quantitative estimate of drug-likeness (QED) is 0.527. The molecule has 2 heteroatoms. The summed E-state index contributed by atoms with van der Waals surface area (Å²) in [6, 6.07) is 0. The van der Waals surface area contributed by atoms with Gasteiger partial charge in [-0.25, -0.2) is 0 Å². The third kappa shape index (κ3) is 4.43. The molecule has 0 bridgehead atoms. The fraction of sp³-hybridized carbons (Fsp3) is 0.600. The monoisotopic (exact) mass is 138 g/mol. The Kier molecular flexibility index (Phi) is 5.12. The summed E-state index contributed by atoms with van der Waals surface area (Å²) in [5.74, 6) is 1.53. The summed E-state index contributed by atoms with van der Waals surface area (Å²) in [5.41, 5.74) is 0. The van der Waals surface area contributed by atoms with Gasteiger partial charge in [0.15, 0.2) is 0 Å². The molecule has 0 aromatic heterocycles. The molecule has 0 aliphatic rings. The van der Waals surface area contributed by atoms with Crippen LogP contribution in [0.15, 0.2) is 0 Å². The van der Waals surface area contributed by atoms with Crippen LogP contribution in [0.1, 0.15) is 12.8 Å². The molecular weight excluding hydrogens is 131 g/mol. The zero-order chi connectivity index (χ0) is 5.70. The molecule has 7 heavy (non-hydrogen) atoms. The van der Waals surface area contributed by atoms with E-state index in [4.69, 9.17) is 23.2 Å². The van der Waals surface area contributed by atoms with Crippen LogP contribution in [-0.4, -0.2) is 5.38 Å². The predicted octanol–water partition coefficient (Wildman–Crippen LogP) is 2.61. The number of rotatable bonds is 3. The molecule has 0 saturated carbocycles. The molecule has 0 amide bonds. The lowest BCUT2D eigenvalue weighted by molar-refractivity contribution is 0.864. The second-order valence-corrected chi connectivity index (χ2v) is 2.20. The Bertz CT molecular complexity index is 37.1. The Balaban J connectivity index is 2.83. The maximum Gasteiger partial charge on any atom is 0.0514 e. The second kappa shape index (κ2) is 4.73. The molecule has 0 heterocycles. The van der Waals surface area contributed by atoms with E-state index in [2.05, 4.69) is 6.92 Å². The fourth-order valence-corrected chi connectivity index (χ4v) is 0.610. The largest absolute Gasteiger partial charge is 0.123 e. The van der Waals surface area contributed by atoms with Crippen LogP contribution in [-0.2, 0) is 0 Å². The molecule has 42 valence electrons. The Morgan fingerprint density at radius 2 is 2.29 bits per heavy atom. The van der Waals surface area contributed by atoms with E-state index < -0.39 is 0 Å². The Hall–Kier alpha value is 0.580. The van der Waals surface area contributed by atoms with Gasteiger partial charge in [0.05, 0.1) is 5.88 Å². The van der Waals surface area contributed by atoms with Gasteiger partial charge in [-0.05, 0) is 12.8 Å². The van der Waals surface area contributed by atoms with E-state index in [0.717, 1.165) is 12.8 Å². The average molecular weight is 139 g/mol. The van der Waals surface area contributed by atoms with Crippen molar-refractivity contribution in [3.8, 4) is 0 Å². The molecule has 0 aliphatic carbocycles. The third-order valence-electron chi connectivity index (χ3n) is 0.658. The molecule has 1 atom stereocenters. The lowest BCUT2D eigenvalue weighted by atomic mass is 10.3. The topological polar surface area (TPSA) is 0 Å². The van der Waals surface area contributed by atoms with E-state index in [1.807, 2.05) is 0 Å². The van der Waals surface area contributed by atoms with Crippen molar-refractivity contribution in [2.75, 3.05) is 0 Å². The Labute approximate surface area is 54.8 Å². The maximum absolute atomic E-state index is 5.59. The first-order chi connectivity index (χ1) is 3.31. The molecule has 2 radical (unpaired) electrons. The zero-order valence-corrected chi connectivity index (χ0v) is 5.54. The SMILES string of the molecule is [CH2]CC(Cl)C[CH]Cl. The second-order valence-electron chi connectivity index (χ2n) is 1.28. The van der Waals surface area contributed by atoms with Crippen LogP contribution in [0, 0.1) is 12.8 Å². The molecule has 1 unspecified atom stereocenters. The normalized spacial score (nSPS) is 14.1. The van der Waals surface area contributed by atoms with Crippen LogP contribution in [0.3, 0.4) is 0 Å². The summed E-state index contributed by atoms with van der Waals surface area (Å²) in [7, 11) is 0. The van der Waals surface area contributed by atoms with Gasteiger partial charge in [-0.3, -0.25) is 0 Å². The first kappa shape index (κ1) is 7.58. The van der Waals surface area contributed by atoms with Crippen LogP contribution in [0.2, 0.25) is 0 Å². The van der Waals surface area contributed by atoms with E-state index in [0.29, 0.717) is 0 Å². The van der Waals surface area contributed by atoms with E-state index in [1.165, 1.54) is 5.88 Å². The van der Waals surface area contributed by atoms with Gasteiger partial charge >= 0.3 is 0 Å². The van der Waals surface area contributed by atoms with Crippen LogP contribution in [0.4, 0.5) is 0 Å². The van der Waals surface area contributed by atoms with E-state index in [9.17, 15) is 0 Å². The summed E-state index contributed by atoms with van der Waals surface area (Å²) in [6.45, 7) is 3.59. The number of hydrogen-bond donors (Lipinski definition) is 0. The van der Waals surface area contributed by atoms with Gasteiger partial charge in [-0.2, -0.15) is 0 Å². The van der Waals surface area contributed by atoms with Crippen molar-refractivity contribution in [3.63, 3.8) is 0 Å². The minimum atomic E-state index is 0.123. The highest BCUT2D eigenvalue weighted by atomic mass is 35.5. The summed E-state index contributed by atoms with van der Waals surface area (Å²) >= 11 is 10.8. The highest BCUT2D eigenvalue weighted by Gasteiger charge is 1.96. The van der Waals surface area contributed by atoms with Gasteiger partial charge in [0.25, 0.3) is 0 Å². The molecule has 0 rings (SSSR count). The molecular formula is C5H8Cl2. The minimum Gasteiger partial charge on any atom is -0.123 e. The third-order valence-corrected chi connectivity index (χ3v) is 1.23. The van der Waals surface area contributed by atoms with Crippen molar-refractivity contribution in [1.82, 2.24) is 0 Å². The lowest BCUT2D eigenvalue weighted by Crippen LogP contribution is -1.92. The van der Waals surface area contributed by atoms with Crippen LogP contribution < -0.4 is 0 Å². The van der Waals surface area contributed by atoms with Crippen LogP contribution >= 0.6 is 23.2 Å². The van der Waals surface area contributed by atoms with E-state index in [-0.39, 0.29) is 5.38 Å². The van der Waals surface area contributed by atoms with Gasteiger partial charge < -0.3 is 0 Å². The number of hydrogen-bond acceptors (Lipinski definition) is 0. The van der Waals surface area contributed by atoms with Crippen molar-refractivity contribution >= 4 is 23.2 Å². The summed E-state index contributed by atoms with van der Waals surface area (Å²) < 4.78 is 0. The van der Waals surface area contributed by atoms with Crippen molar-refractivity contribution in [3.05, 3.63) is 12.8 Å². The molecule has 0 N–H and O–H groups in total. The zero-order valence-electron chi connectivity index (χ0n) is 4.03. The van der Waals surface area contributed by atoms with Crippen LogP contribution in [0.25, 0.3) is 0 Å². The minimum absolute atomic E-state index is 0.123. The summed E-state index contributed by atoms with van der Waals surface area (Å²) in [6.07, 6.45) is 1.48. The molecule has 0 saturated heterocycles. The first-order valence-corrected chi connectivity index (χ1v) is 3.03. The Morgan fingerprint density at radius 1 is 1.71 bits per heavy atom. The fourth-order valence-electron chi connectivity index (χ4n) is 0.215. The molecule has 0 fully saturated rings. The molecule has 0 aromatic rings. The standard InChI is InChI=1S/C5H8Cl2/c1-2-5(7)3-4-6/h4-5H,1-3H2. The van der Waals surface area contributed by atoms with E-state index in [1.54, 1.807) is 0 Å². The lowest BCUT2D eigenvalue weighted by Gasteiger charge is -1.98. The van der Waals surface area contributed by atoms with Crippen molar-refractivity contribution in [2.24, 2.45) is 0 Å². The highest BCUT2D eigenvalue weighted by Crippen LogP contribution is 2.08. The van der Waals surface area contributed by atoms with E-state index >= 15 is 0 Å². The van der Waals surface area contributed by atoms with Gasteiger partial charge in [-0.15, -0.1) is 23.2 Å². The summed E-state index contributed by atoms with van der Waals surface area (Å²) in [5, 5.41) is 0.123. The summed E-state index contributed by atoms with van der Waals surface area (Å²) in [4.78, 5) is 0. The highest BCUT2D eigenvalue weighted by molar-refractivity contribution is 6.25. The van der Waals surface area contributed by atoms with Gasteiger partial charge in [0.1, 0.15) is 0 Å². The predicted molar refractivity (Wildman–Crippen MR) is 34.4 cm³/mol. The van der Waals surface area contributed by atoms with Crippen molar-refractivity contribution in [2.45, 2.75) is 18.2 Å². The number of halogens is 2. The molecule has 0 aliphatic heterocycles. The van der Waals surface area contributed by atoms with Gasteiger partial charge in [0, 0.05) is 5.38 Å². The first-order valence-electron chi connectivity index (χ1n) is 2.16. The van der Waals surface area contributed by atoms with Crippen molar-refractivity contribution in [1.29, 1.82) is 0 Å². The molecule has 0 aromatic carbocycles. The smallest absolute Gasteiger partial charge is 0.0514 e. The van der Waals surface area contributed by atoms with Gasteiger partial charge in [-0.1, -0.05) is 6.92 Å². The Morgan fingerprint density at radius 3 is 2.43 bits per heavy atom. The molecule has 0 spiro atoms. The maximum atomic E-state index is 5.59. The van der Waals surface area contributed by atoms with Crippen molar-refractivity contribution < 1.29 is 0 Å². The van der Waals surface area contributed by atoms with Gasteiger partial charge in [0.2, 0.25) is 0 Å². The average Bonchev–Trinajstić information content (AvgIpc) is 1.68. The van der Waals surface area contributed by atoms with Crippen LogP contribution in [0.5, 0.6) is 0 Å². The number of alkyl halides is 1.